The van der Waals surface area contributed by atoms with E-state index < -0.39 is 0 Å². The molecule has 100 valence electrons. The molecule has 1 saturated heterocycles. The minimum atomic E-state index is -0.166. The van der Waals surface area contributed by atoms with E-state index in [9.17, 15) is 5.11 Å². The topological polar surface area (TPSA) is 32.7 Å². The van der Waals surface area contributed by atoms with Crippen molar-refractivity contribution < 1.29 is 9.84 Å². The summed E-state index contributed by atoms with van der Waals surface area (Å²) in [7, 11) is 0. The maximum atomic E-state index is 10.3. The second kappa shape index (κ2) is 4.52. The molecule has 1 heterocycles. The lowest BCUT2D eigenvalue weighted by molar-refractivity contribution is -0.117. The van der Waals surface area contributed by atoms with Gasteiger partial charge < -0.3 is 9.84 Å². The van der Waals surface area contributed by atoms with Gasteiger partial charge in [0.25, 0.3) is 0 Å². The number of ether oxygens (including phenoxy) is 1. The largest absolute Gasteiger partial charge is 0.391 e. The van der Waals surface area contributed by atoms with Gasteiger partial charge in [-0.2, -0.15) is 0 Å². The Balaban J connectivity index is 2.13. The summed E-state index contributed by atoms with van der Waals surface area (Å²) in [5.74, 6) is 0. The Kier molecular flexibility index (Phi) is 3.54. The van der Waals surface area contributed by atoms with Gasteiger partial charge in [0.2, 0.25) is 0 Å². The van der Waals surface area contributed by atoms with Crippen LogP contribution < -0.4 is 0 Å². The monoisotopic (exact) mass is 241 g/mol. The summed E-state index contributed by atoms with van der Waals surface area (Å²) in [5, 5.41) is 10.3. The van der Waals surface area contributed by atoms with Crippen molar-refractivity contribution in [2.24, 2.45) is 5.41 Å². The highest BCUT2D eigenvalue weighted by Crippen LogP contribution is 2.39. The highest BCUT2D eigenvalue weighted by atomic mass is 16.5. The van der Waals surface area contributed by atoms with Crippen molar-refractivity contribution in [1.82, 2.24) is 4.90 Å². The SMILES string of the molecule is CC1(C)CCC(O)C(N2CCOCC2(C)C)C1. The first-order valence-corrected chi connectivity index (χ1v) is 6.84. The molecular formula is C14H27NO2. The van der Waals surface area contributed by atoms with Crippen LogP contribution in [0, 0.1) is 5.41 Å². The first-order chi connectivity index (χ1) is 7.82. The number of aliphatic hydroxyl groups excluding tert-OH is 1. The van der Waals surface area contributed by atoms with Crippen molar-refractivity contribution in [2.75, 3.05) is 19.8 Å². The zero-order chi connectivity index (χ0) is 12.7. The number of morpholine rings is 1. The minimum Gasteiger partial charge on any atom is -0.391 e. The molecule has 3 heteroatoms. The lowest BCUT2D eigenvalue weighted by Crippen LogP contribution is -2.61. The second-order valence-corrected chi connectivity index (χ2v) is 7.10. The molecule has 2 fully saturated rings. The van der Waals surface area contributed by atoms with Gasteiger partial charge in [-0.25, -0.2) is 0 Å². The van der Waals surface area contributed by atoms with Crippen LogP contribution in [0.4, 0.5) is 0 Å². The summed E-state index contributed by atoms with van der Waals surface area (Å²) in [5.41, 5.74) is 0.412. The molecular weight excluding hydrogens is 214 g/mol. The quantitative estimate of drug-likeness (QED) is 0.762. The summed E-state index contributed by atoms with van der Waals surface area (Å²) in [6.45, 7) is 11.6. The summed E-state index contributed by atoms with van der Waals surface area (Å²) in [6.07, 6.45) is 3.00. The molecule has 0 spiro atoms. The molecule has 1 aliphatic carbocycles. The fraction of sp³-hybridized carbons (Fsp3) is 1.00. The average Bonchev–Trinajstić information content (AvgIpc) is 2.22. The van der Waals surface area contributed by atoms with E-state index in [1.165, 1.54) is 0 Å². The molecule has 3 nitrogen and oxygen atoms in total. The van der Waals surface area contributed by atoms with Crippen molar-refractivity contribution in [1.29, 1.82) is 0 Å². The molecule has 0 aromatic carbocycles. The van der Waals surface area contributed by atoms with Crippen molar-refractivity contribution in [3.8, 4) is 0 Å². The van der Waals surface area contributed by atoms with Crippen LogP contribution in [-0.4, -0.2) is 47.4 Å². The van der Waals surface area contributed by atoms with E-state index in [1.807, 2.05) is 0 Å². The lowest BCUT2D eigenvalue weighted by Gasteiger charge is -2.52. The third-order valence-corrected chi connectivity index (χ3v) is 4.43. The standard InChI is InChI=1S/C14H27NO2/c1-13(2)6-5-12(16)11(9-13)15-7-8-17-10-14(15,3)4/h11-12,16H,5-10H2,1-4H3. The number of aliphatic hydroxyl groups is 1. The van der Waals surface area contributed by atoms with E-state index in [1.54, 1.807) is 0 Å². The molecule has 2 rings (SSSR count). The predicted molar refractivity (Wildman–Crippen MR) is 69.0 cm³/mol. The summed E-state index contributed by atoms with van der Waals surface area (Å²) in [4.78, 5) is 2.47. The molecule has 0 bridgehead atoms. The molecule has 0 radical (unpaired) electrons. The van der Waals surface area contributed by atoms with Crippen LogP contribution in [0.2, 0.25) is 0 Å². The van der Waals surface area contributed by atoms with Gasteiger partial charge in [-0.3, -0.25) is 4.90 Å². The first kappa shape index (κ1) is 13.3. The molecule has 17 heavy (non-hydrogen) atoms. The molecule has 1 N–H and O–H groups in total. The van der Waals surface area contributed by atoms with E-state index in [2.05, 4.69) is 32.6 Å². The van der Waals surface area contributed by atoms with Crippen molar-refractivity contribution >= 4 is 0 Å². The highest BCUT2D eigenvalue weighted by Gasteiger charge is 2.43. The Morgan fingerprint density at radius 2 is 1.94 bits per heavy atom. The predicted octanol–water partition coefficient (Wildman–Crippen LogP) is 2.04. The Morgan fingerprint density at radius 3 is 2.59 bits per heavy atom. The molecule has 0 aromatic heterocycles. The average molecular weight is 241 g/mol. The summed E-state index contributed by atoms with van der Waals surface area (Å²) < 4.78 is 5.57. The fourth-order valence-electron chi connectivity index (χ4n) is 3.34. The molecule has 2 aliphatic rings. The molecule has 1 aliphatic heterocycles. The number of rotatable bonds is 1. The Morgan fingerprint density at radius 1 is 1.24 bits per heavy atom. The highest BCUT2D eigenvalue weighted by molar-refractivity contribution is 4.97. The maximum Gasteiger partial charge on any atom is 0.0696 e. The van der Waals surface area contributed by atoms with Crippen LogP contribution in [-0.2, 0) is 4.74 Å². The van der Waals surface area contributed by atoms with E-state index in [4.69, 9.17) is 4.74 Å². The second-order valence-electron chi connectivity index (χ2n) is 7.10. The fourth-order valence-corrected chi connectivity index (χ4v) is 3.34. The van der Waals surface area contributed by atoms with Gasteiger partial charge in [-0.05, 0) is 38.5 Å². The molecule has 2 atom stereocenters. The van der Waals surface area contributed by atoms with Gasteiger partial charge in [0.1, 0.15) is 0 Å². The smallest absolute Gasteiger partial charge is 0.0696 e. The van der Waals surface area contributed by atoms with Gasteiger partial charge >= 0.3 is 0 Å². The third-order valence-electron chi connectivity index (χ3n) is 4.43. The van der Waals surface area contributed by atoms with E-state index in [-0.39, 0.29) is 11.6 Å². The van der Waals surface area contributed by atoms with Crippen molar-refractivity contribution in [3.05, 3.63) is 0 Å². The number of nitrogens with zero attached hydrogens (tertiary/aromatic N) is 1. The third kappa shape index (κ3) is 2.83. The van der Waals surface area contributed by atoms with Crippen LogP contribution in [0.15, 0.2) is 0 Å². The molecule has 1 saturated carbocycles. The van der Waals surface area contributed by atoms with E-state index >= 15 is 0 Å². The van der Waals surface area contributed by atoms with Gasteiger partial charge in [0.15, 0.2) is 0 Å². The zero-order valence-electron chi connectivity index (χ0n) is 11.7. The molecule has 0 amide bonds. The summed E-state index contributed by atoms with van der Waals surface area (Å²) >= 11 is 0. The number of hydrogen-bond acceptors (Lipinski definition) is 3. The maximum absolute atomic E-state index is 10.3. The Hall–Kier alpha value is -0.120. The van der Waals surface area contributed by atoms with Crippen molar-refractivity contribution in [2.45, 2.75) is 64.6 Å². The van der Waals surface area contributed by atoms with Gasteiger partial charge in [0, 0.05) is 18.1 Å². The summed E-state index contributed by atoms with van der Waals surface area (Å²) in [6, 6.07) is 0.303. The Labute approximate surface area is 105 Å². The lowest BCUT2D eigenvalue weighted by atomic mass is 9.72. The minimum absolute atomic E-state index is 0.0529. The zero-order valence-corrected chi connectivity index (χ0v) is 11.7. The van der Waals surface area contributed by atoms with E-state index in [0.717, 1.165) is 39.0 Å². The Bertz CT molecular complexity index is 275. The molecule has 0 aromatic rings. The van der Waals surface area contributed by atoms with Gasteiger partial charge in [-0.1, -0.05) is 13.8 Å². The van der Waals surface area contributed by atoms with Crippen molar-refractivity contribution in [3.63, 3.8) is 0 Å². The number of hydrogen-bond donors (Lipinski definition) is 1. The van der Waals surface area contributed by atoms with Crippen LogP contribution in [0.3, 0.4) is 0 Å². The van der Waals surface area contributed by atoms with Gasteiger partial charge in [0.05, 0.1) is 19.3 Å². The van der Waals surface area contributed by atoms with E-state index in [0.29, 0.717) is 11.5 Å². The first-order valence-electron chi connectivity index (χ1n) is 6.84. The van der Waals surface area contributed by atoms with Crippen LogP contribution >= 0.6 is 0 Å². The molecule has 2 unspecified atom stereocenters. The normalized spacial score (nSPS) is 37.9. The van der Waals surface area contributed by atoms with Crippen LogP contribution in [0.1, 0.15) is 47.0 Å². The van der Waals surface area contributed by atoms with Crippen LogP contribution in [0.5, 0.6) is 0 Å². The van der Waals surface area contributed by atoms with Crippen LogP contribution in [0.25, 0.3) is 0 Å². The van der Waals surface area contributed by atoms with Gasteiger partial charge in [-0.15, -0.1) is 0 Å².